The maximum absolute atomic E-state index is 4.78. The molecule has 1 saturated heterocycles. The SMILES string of the molecule is Brc1conc1C1CNC1. The van der Waals surface area contributed by atoms with Crippen LogP contribution in [0.1, 0.15) is 11.6 Å². The first-order valence-corrected chi connectivity index (χ1v) is 3.97. The van der Waals surface area contributed by atoms with Crippen molar-refractivity contribution in [1.29, 1.82) is 0 Å². The van der Waals surface area contributed by atoms with Crippen LogP contribution in [0.2, 0.25) is 0 Å². The van der Waals surface area contributed by atoms with Gasteiger partial charge in [-0.05, 0) is 15.9 Å². The van der Waals surface area contributed by atoms with Crippen LogP contribution in [0.25, 0.3) is 0 Å². The van der Waals surface area contributed by atoms with Gasteiger partial charge in [-0.2, -0.15) is 0 Å². The molecule has 1 fully saturated rings. The van der Waals surface area contributed by atoms with Gasteiger partial charge in [0, 0.05) is 19.0 Å². The van der Waals surface area contributed by atoms with Crippen LogP contribution >= 0.6 is 15.9 Å². The fourth-order valence-electron chi connectivity index (χ4n) is 0.985. The van der Waals surface area contributed by atoms with E-state index >= 15 is 0 Å². The Morgan fingerprint density at radius 3 is 2.90 bits per heavy atom. The van der Waals surface area contributed by atoms with Gasteiger partial charge in [0.05, 0.1) is 4.47 Å². The predicted octanol–water partition coefficient (Wildman–Crippen LogP) is 1.12. The van der Waals surface area contributed by atoms with Crippen molar-refractivity contribution < 1.29 is 4.52 Å². The Morgan fingerprint density at radius 2 is 2.50 bits per heavy atom. The highest BCUT2D eigenvalue weighted by Crippen LogP contribution is 2.25. The van der Waals surface area contributed by atoms with E-state index < -0.39 is 0 Å². The van der Waals surface area contributed by atoms with E-state index in [1.54, 1.807) is 6.26 Å². The summed E-state index contributed by atoms with van der Waals surface area (Å²) < 4.78 is 5.76. The normalized spacial score (nSPS) is 18.9. The molecule has 0 aromatic carbocycles. The van der Waals surface area contributed by atoms with Crippen LogP contribution in [0, 0.1) is 0 Å². The zero-order chi connectivity index (χ0) is 6.97. The van der Waals surface area contributed by atoms with Crippen LogP contribution < -0.4 is 5.32 Å². The molecule has 10 heavy (non-hydrogen) atoms. The fraction of sp³-hybridized carbons (Fsp3) is 0.500. The second-order valence-electron chi connectivity index (χ2n) is 2.40. The number of hydrogen-bond acceptors (Lipinski definition) is 3. The van der Waals surface area contributed by atoms with Gasteiger partial charge in [-0.15, -0.1) is 0 Å². The van der Waals surface area contributed by atoms with Gasteiger partial charge in [0.25, 0.3) is 0 Å². The second kappa shape index (κ2) is 2.36. The predicted molar refractivity (Wildman–Crippen MR) is 39.8 cm³/mol. The van der Waals surface area contributed by atoms with Crippen LogP contribution in [-0.4, -0.2) is 18.2 Å². The Hall–Kier alpha value is -0.350. The molecule has 4 heteroatoms. The molecule has 0 atom stereocenters. The number of nitrogens with one attached hydrogen (secondary N) is 1. The zero-order valence-corrected chi connectivity index (χ0v) is 6.89. The maximum atomic E-state index is 4.78. The summed E-state index contributed by atoms with van der Waals surface area (Å²) >= 11 is 3.36. The molecule has 0 saturated carbocycles. The van der Waals surface area contributed by atoms with Crippen LogP contribution in [-0.2, 0) is 0 Å². The average molecular weight is 203 g/mol. The van der Waals surface area contributed by atoms with E-state index in [1.165, 1.54) is 0 Å². The third-order valence-electron chi connectivity index (χ3n) is 1.72. The maximum Gasteiger partial charge on any atom is 0.138 e. The summed E-state index contributed by atoms with van der Waals surface area (Å²) in [4.78, 5) is 0. The number of halogens is 1. The summed E-state index contributed by atoms with van der Waals surface area (Å²) in [5, 5.41) is 7.05. The van der Waals surface area contributed by atoms with E-state index in [9.17, 15) is 0 Å². The number of hydrogen-bond donors (Lipinski definition) is 1. The Bertz CT molecular complexity index is 231. The van der Waals surface area contributed by atoms with E-state index in [-0.39, 0.29) is 0 Å². The Balaban J connectivity index is 2.23. The highest BCUT2D eigenvalue weighted by Gasteiger charge is 2.23. The summed E-state index contributed by atoms with van der Waals surface area (Å²) in [6.45, 7) is 2.04. The molecule has 1 aromatic heterocycles. The fourth-order valence-corrected chi connectivity index (χ4v) is 1.46. The first kappa shape index (κ1) is 6.37. The number of nitrogens with zero attached hydrogens (tertiary/aromatic N) is 1. The molecule has 54 valence electrons. The minimum Gasteiger partial charge on any atom is -0.363 e. The Labute approximate surface area is 66.9 Å². The van der Waals surface area contributed by atoms with Gasteiger partial charge in [-0.3, -0.25) is 0 Å². The summed E-state index contributed by atoms with van der Waals surface area (Å²) in [6.07, 6.45) is 1.62. The molecule has 0 amide bonds. The highest BCUT2D eigenvalue weighted by molar-refractivity contribution is 9.10. The largest absolute Gasteiger partial charge is 0.363 e. The molecular weight excluding hydrogens is 196 g/mol. The van der Waals surface area contributed by atoms with E-state index in [1.807, 2.05) is 0 Å². The van der Waals surface area contributed by atoms with Crippen molar-refractivity contribution in [2.75, 3.05) is 13.1 Å². The van der Waals surface area contributed by atoms with Gasteiger partial charge in [0.1, 0.15) is 12.0 Å². The molecule has 1 aliphatic heterocycles. The molecule has 1 N–H and O–H groups in total. The van der Waals surface area contributed by atoms with E-state index in [0.717, 1.165) is 23.3 Å². The molecule has 0 radical (unpaired) electrons. The molecule has 3 nitrogen and oxygen atoms in total. The molecule has 2 rings (SSSR count). The molecule has 1 aliphatic rings. The quantitative estimate of drug-likeness (QED) is 0.743. The monoisotopic (exact) mass is 202 g/mol. The minimum absolute atomic E-state index is 0.549. The lowest BCUT2D eigenvalue weighted by molar-refractivity contribution is 0.377. The zero-order valence-electron chi connectivity index (χ0n) is 5.30. The average Bonchev–Trinajstić information content (AvgIpc) is 2.12. The van der Waals surface area contributed by atoms with E-state index in [0.29, 0.717) is 5.92 Å². The van der Waals surface area contributed by atoms with Crippen molar-refractivity contribution in [2.24, 2.45) is 0 Å². The smallest absolute Gasteiger partial charge is 0.138 e. The lowest BCUT2D eigenvalue weighted by Crippen LogP contribution is -2.40. The van der Waals surface area contributed by atoms with Crippen molar-refractivity contribution in [3.05, 3.63) is 16.4 Å². The van der Waals surface area contributed by atoms with Crippen molar-refractivity contribution >= 4 is 15.9 Å². The Morgan fingerprint density at radius 1 is 1.70 bits per heavy atom. The summed E-state index contributed by atoms with van der Waals surface area (Å²) in [5.41, 5.74) is 1.04. The third kappa shape index (κ3) is 0.876. The number of rotatable bonds is 1. The summed E-state index contributed by atoms with van der Waals surface area (Å²) in [5.74, 6) is 0.549. The first-order chi connectivity index (χ1) is 4.88. The van der Waals surface area contributed by atoms with Gasteiger partial charge in [-0.25, -0.2) is 0 Å². The molecule has 0 spiro atoms. The molecule has 2 heterocycles. The minimum atomic E-state index is 0.549. The topological polar surface area (TPSA) is 38.1 Å². The van der Waals surface area contributed by atoms with Crippen molar-refractivity contribution in [3.63, 3.8) is 0 Å². The summed E-state index contributed by atoms with van der Waals surface area (Å²) in [7, 11) is 0. The van der Waals surface area contributed by atoms with Crippen LogP contribution in [0.15, 0.2) is 15.3 Å². The highest BCUT2D eigenvalue weighted by atomic mass is 79.9. The van der Waals surface area contributed by atoms with Crippen molar-refractivity contribution in [1.82, 2.24) is 10.5 Å². The van der Waals surface area contributed by atoms with Gasteiger partial charge in [0.15, 0.2) is 0 Å². The third-order valence-corrected chi connectivity index (χ3v) is 2.31. The van der Waals surface area contributed by atoms with Crippen molar-refractivity contribution in [3.8, 4) is 0 Å². The summed E-state index contributed by atoms with van der Waals surface area (Å²) in [6, 6.07) is 0. The van der Waals surface area contributed by atoms with Crippen molar-refractivity contribution in [2.45, 2.75) is 5.92 Å². The van der Waals surface area contributed by atoms with Crippen LogP contribution in [0.5, 0.6) is 0 Å². The number of aromatic nitrogens is 1. The first-order valence-electron chi connectivity index (χ1n) is 3.18. The Kier molecular flexibility index (Phi) is 1.50. The molecule has 1 aromatic rings. The van der Waals surface area contributed by atoms with E-state index in [2.05, 4.69) is 26.4 Å². The van der Waals surface area contributed by atoms with Gasteiger partial charge >= 0.3 is 0 Å². The van der Waals surface area contributed by atoms with Gasteiger partial charge < -0.3 is 9.84 Å². The van der Waals surface area contributed by atoms with E-state index in [4.69, 9.17) is 4.52 Å². The lowest BCUT2D eigenvalue weighted by atomic mass is 10.00. The second-order valence-corrected chi connectivity index (χ2v) is 3.26. The van der Waals surface area contributed by atoms with Gasteiger partial charge in [0.2, 0.25) is 0 Å². The van der Waals surface area contributed by atoms with Gasteiger partial charge in [-0.1, -0.05) is 5.16 Å². The molecular formula is C6H7BrN2O. The van der Waals surface area contributed by atoms with Crippen LogP contribution in [0.3, 0.4) is 0 Å². The lowest BCUT2D eigenvalue weighted by Gasteiger charge is -2.24. The molecule has 0 aliphatic carbocycles. The molecule has 0 unspecified atom stereocenters. The standard InChI is InChI=1S/C6H7BrN2O/c7-5-3-10-9-6(5)4-1-8-2-4/h3-4,8H,1-2H2. The molecule has 0 bridgehead atoms. The van der Waals surface area contributed by atoms with Crippen LogP contribution in [0.4, 0.5) is 0 Å².